The summed E-state index contributed by atoms with van der Waals surface area (Å²) in [6.07, 6.45) is 2.46. The molecule has 1 atom stereocenters. The lowest BCUT2D eigenvalue weighted by Gasteiger charge is -2.21. The van der Waals surface area contributed by atoms with Gasteiger partial charge in [-0.3, -0.25) is 4.72 Å². The van der Waals surface area contributed by atoms with Crippen molar-refractivity contribution in [3.05, 3.63) is 59.7 Å². The fourth-order valence-electron chi connectivity index (χ4n) is 3.05. The Balaban J connectivity index is 2.02. The summed E-state index contributed by atoms with van der Waals surface area (Å²) in [7, 11) is -5.57. The van der Waals surface area contributed by atoms with Gasteiger partial charge < -0.3 is 4.74 Å². The fraction of sp³-hybridized carbons (Fsp3) is 0.278. The molecule has 0 unspecified atom stereocenters. The standard InChI is InChI=1S/C18H21N3O5S2/c1-26-14-10-8-13(9-11-14)18-12-17(19-21(18)28(3,24)25)15-6-4-5-7-16(15)20-27(2,22)23/h4-11,18,20H,12H2,1-3H3/t18-/m0/s1. The average Bonchev–Trinajstić information content (AvgIpc) is 3.06. The summed E-state index contributed by atoms with van der Waals surface area (Å²) < 4.78 is 56.6. The summed E-state index contributed by atoms with van der Waals surface area (Å²) in [4.78, 5) is 0. The van der Waals surface area contributed by atoms with E-state index in [1.54, 1.807) is 55.6 Å². The molecular formula is C18H21N3O5S2. The molecule has 28 heavy (non-hydrogen) atoms. The number of para-hydroxylation sites is 1. The Morgan fingerprint density at radius 1 is 1.04 bits per heavy atom. The van der Waals surface area contributed by atoms with E-state index in [1.807, 2.05) is 0 Å². The zero-order valence-corrected chi connectivity index (χ0v) is 17.3. The van der Waals surface area contributed by atoms with Gasteiger partial charge in [0.25, 0.3) is 0 Å². The highest BCUT2D eigenvalue weighted by atomic mass is 32.2. The molecule has 1 N–H and O–H groups in total. The average molecular weight is 424 g/mol. The Morgan fingerprint density at radius 3 is 2.25 bits per heavy atom. The normalized spacial score (nSPS) is 17.3. The Hall–Kier alpha value is -2.59. The van der Waals surface area contributed by atoms with E-state index in [4.69, 9.17) is 4.74 Å². The smallest absolute Gasteiger partial charge is 0.247 e. The highest BCUT2D eigenvalue weighted by molar-refractivity contribution is 7.92. The first-order chi connectivity index (χ1) is 13.1. The molecule has 1 heterocycles. The lowest BCUT2D eigenvalue weighted by Crippen LogP contribution is -2.25. The molecule has 0 aliphatic carbocycles. The van der Waals surface area contributed by atoms with Crippen LogP contribution in [0, 0.1) is 0 Å². The maximum Gasteiger partial charge on any atom is 0.247 e. The maximum absolute atomic E-state index is 12.3. The lowest BCUT2D eigenvalue weighted by molar-refractivity contribution is 0.374. The quantitative estimate of drug-likeness (QED) is 0.767. The minimum atomic E-state index is -3.63. The minimum Gasteiger partial charge on any atom is -0.497 e. The van der Waals surface area contributed by atoms with E-state index >= 15 is 0 Å². The number of methoxy groups -OCH3 is 1. The van der Waals surface area contributed by atoms with Crippen molar-refractivity contribution in [3.8, 4) is 5.75 Å². The lowest BCUT2D eigenvalue weighted by atomic mass is 9.98. The first kappa shape index (κ1) is 20.2. The van der Waals surface area contributed by atoms with Gasteiger partial charge in [-0.05, 0) is 23.8 Å². The van der Waals surface area contributed by atoms with Crippen LogP contribution >= 0.6 is 0 Å². The molecule has 2 aromatic carbocycles. The Morgan fingerprint density at radius 2 is 1.68 bits per heavy atom. The SMILES string of the molecule is COc1ccc([C@@H]2CC(c3ccccc3NS(C)(=O)=O)=NN2S(C)(=O)=O)cc1. The maximum atomic E-state index is 12.3. The Bertz CT molecular complexity index is 1110. The summed E-state index contributed by atoms with van der Waals surface area (Å²) in [5.74, 6) is 0.663. The van der Waals surface area contributed by atoms with Crippen molar-refractivity contribution in [2.75, 3.05) is 24.3 Å². The number of nitrogens with zero attached hydrogens (tertiary/aromatic N) is 2. The van der Waals surface area contributed by atoms with Crippen LogP contribution in [0.2, 0.25) is 0 Å². The van der Waals surface area contributed by atoms with Gasteiger partial charge in [-0.15, -0.1) is 0 Å². The predicted octanol–water partition coefficient (Wildman–Crippen LogP) is 2.18. The van der Waals surface area contributed by atoms with Gasteiger partial charge in [-0.2, -0.15) is 9.52 Å². The molecule has 150 valence electrons. The molecule has 3 rings (SSSR count). The summed E-state index contributed by atoms with van der Waals surface area (Å²) >= 11 is 0. The zero-order chi connectivity index (χ0) is 20.5. The zero-order valence-electron chi connectivity index (χ0n) is 15.7. The Kier molecular flexibility index (Phi) is 5.35. The summed E-state index contributed by atoms with van der Waals surface area (Å²) in [6, 6.07) is 13.3. The van der Waals surface area contributed by atoms with E-state index in [0.29, 0.717) is 29.1 Å². The van der Waals surface area contributed by atoms with Crippen LogP contribution in [0.4, 0.5) is 5.69 Å². The molecule has 1 aliphatic heterocycles. The van der Waals surface area contributed by atoms with Gasteiger partial charge in [-0.25, -0.2) is 16.8 Å². The fourth-order valence-corrected chi connectivity index (χ4v) is 4.54. The third-order valence-electron chi connectivity index (χ3n) is 4.25. The monoisotopic (exact) mass is 423 g/mol. The first-order valence-electron chi connectivity index (χ1n) is 8.36. The molecule has 8 nitrogen and oxygen atoms in total. The van der Waals surface area contributed by atoms with Crippen LogP contribution in [0.5, 0.6) is 5.75 Å². The number of anilines is 1. The highest BCUT2D eigenvalue weighted by Gasteiger charge is 2.35. The number of nitrogens with one attached hydrogen (secondary N) is 1. The van der Waals surface area contributed by atoms with Crippen LogP contribution < -0.4 is 9.46 Å². The largest absolute Gasteiger partial charge is 0.497 e. The van der Waals surface area contributed by atoms with Gasteiger partial charge in [0.1, 0.15) is 5.75 Å². The van der Waals surface area contributed by atoms with Crippen molar-refractivity contribution in [2.24, 2.45) is 5.10 Å². The number of hydrazone groups is 1. The number of rotatable bonds is 6. The van der Waals surface area contributed by atoms with E-state index in [1.165, 1.54) is 0 Å². The van der Waals surface area contributed by atoms with Gasteiger partial charge in [0, 0.05) is 12.0 Å². The molecule has 0 saturated heterocycles. The third-order valence-corrected chi connectivity index (χ3v) is 5.85. The number of hydrogen-bond donors (Lipinski definition) is 1. The molecule has 0 fully saturated rings. The number of hydrogen-bond acceptors (Lipinski definition) is 6. The van der Waals surface area contributed by atoms with Crippen molar-refractivity contribution < 1.29 is 21.6 Å². The first-order valence-corrected chi connectivity index (χ1v) is 12.1. The second kappa shape index (κ2) is 7.44. The van der Waals surface area contributed by atoms with Crippen molar-refractivity contribution >= 4 is 31.4 Å². The van der Waals surface area contributed by atoms with Crippen molar-refractivity contribution in [2.45, 2.75) is 12.5 Å². The summed E-state index contributed by atoms with van der Waals surface area (Å²) in [5, 5.41) is 4.32. The van der Waals surface area contributed by atoms with E-state index in [2.05, 4.69) is 9.82 Å². The molecular weight excluding hydrogens is 402 g/mol. The van der Waals surface area contributed by atoms with E-state index in [9.17, 15) is 16.8 Å². The van der Waals surface area contributed by atoms with Crippen LogP contribution in [-0.4, -0.2) is 46.6 Å². The Labute approximate surface area is 164 Å². The second-order valence-electron chi connectivity index (χ2n) is 6.50. The topological polar surface area (TPSA) is 105 Å². The number of ether oxygens (including phenoxy) is 1. The molecule has 0 amide bonds. The summed E-state index contributed by atoms with van der Waals surface area (Å²) in [5.41, 5.74) is 2.14. The van der Waals surface area contributed by atoms with Gasteiger partial charge in [0.2, 0.25) is 20.0 Å². The van der Waals surface area contributed by atoms with Crippen LogP contribution in [-0.2, 0) is 20.0 Å². The molecule has 1 aliphatic rings. The van der Waals surface area contributed by atoms with Gasteiger partial charge in [0.15, 0.2) is 0 Å². The van der Waals surface area contributed by atoms with Gasteiger partial charge in [0.05, 0.1) is 37.1 Å². The molecule has 0 aromatic heterocycles. The number of benzene rings is 2. The molecule has 0 saturated carbocycles. The van der Waals surface area contributed by atoms with E-state index in [0.717, 1.165) is 22.5 Å². The van der Waals surface area contributed by atoms with Gasteiger partial charge in [-0.1, -0.05) is 30.3 Å². The van der Waals surface area contributed by atoms with Crippen LogP contribution in [0.15, 0.2) is 53.6 Å². The molecule has 0 spiro atoms. The van der Waals surface area contributed by atoms with Crippen LogP contribution in [0.3, 0.4) is 0 Å². The molecule has 10 heteroatoms. The highest BCUT2D eigenvalue weighted by Crippen LogP contribution is 2.36. The summed E-state index contributed by atoms with van der Waals surface area (Å²) in [6.45, 7) is 0. The molecule has 0 radical (unpaired) electrons. The van der Waals surface area contributed by atoms with Gasteiger partial charge >= 0.3 is 0 Å². The van der Waals surface area contributed by atoms with E-state index < -0.39 is 26.1 Å². The van der Waals surface area contributed by atoms with Crippen molar-refractivity contribution in [1.29, 1.82) is 0 Å². The second-order valence-corrected chi connectivity index (χ2v) is 10.1. The van der Waals surface area contributed by atoms with Crippen molar-refractivity contribution in [3.63, 3.8) is 0 Å². The predicted molar refractivity (Wildman–Crippen MR) is 108 cm³/mol. The van der Waals surface area contributed by atoms with Crippen molar-refractivity contribution in [1.82, 2.24) is 4.41 Å². The van der Waals surface area contributed by atoms with Crippen LogP contribution in [0.1, 0.15) is 23.6 Å². The minimum absolute atomic E-state index is 0.307. The van der Waals surface area contributed by atoms with E-state index in [-0.39, 0.29) is 0 Å². The van der Waals surface area contributed by atoms with Crippen LogP contribution in [0.25, 0.3) is 0 Å². The molecule has 0 bridgehead atoms. The molecule has 2 aromatic rings. The third kappa shape index (κ3) is 4.45. The number of sulfonamides is 2.